The molecule has 0 spiro atoms. The molecular formula is C25H23FN4O2. The maximum Gasteiger partial charge on any atom is 0.229 e. The number of fused-ring (bicyclic) bond motifs is 3. The van der Waals surface area contributed by atoms with Gasteiger partial charge in [0.15, 0.2) is 0 Å². The summed E-state index contributed by atoms with van der Waals surface area (Å²) in [5.41, 5.74) is 2.46. The summed E-state index contributed by atoms with van der Waals surface area (Å²) in [6, 6.07) is 14.1. The number of imidazole rings is 1. The zero-order valence-corrected chi connectivity index (χ0v) is 17.6. The molecule has 2 N–H and O–H groups in total. The van der Waals surface area contributed by atoms with Gasteiger partial charge in [0.25, 0.3) is 0 Å². The lowest BCUT2D eigenvalue weighted by Gasteiger charge is -2.20. The maximum atomic E-state index is 13.7. The lowest BCUT2D eigenvalue weighted by Crippen LogP contribution is -2.26. The predicted molar refractivity (Wildman–Crippen MR) is 120 cm³/mol. The number of nitrogens with one attached hydrogen (secondary N) is 2. The lowest BCUT2D eigenvalue weighted by molar-refractivity contribution is -0.120. The van der Waals surface area contributed by atoms with Crippen molar-refractivity contribution >= 4 is 33.8 Å². The summed E-state index contributed by atoms with van der Waals surface area (Å²) in [5, 5.41) is 3.64. The Balaban J connectivity index is 1.08. The number of carbonyl (C=O) groups is 1. The van der Waals surface area contributed by atoms with Crippen molar-refractivity contribution in [3.63, 3.8) is 0 Å². The molecule has 2 saturated carbocycles. The lowest BCUT2D eigenvalue weighted by atomic mass is 9.97. The van der Waals surface area contributed by atoms with E-state index in [4.69, 9.17) is 4.74 Å². The van der Waals surface area contributed by atoms with Gasteiger partial charge in [-0.25, -0.2) is 9.37 Å². The number of anilines is 1. The Morgan fingerprint density at radius 1 is 1.16 bits per heavy atom. The highest BCUT2D eigenvalue weighted by Crippen LogP contribution is 2.61. The smallest absolute Gasteiger partial charge is 0.229 e. The van der Waals surface area contributed by atoms with Crippen molar-refractivity contribution in [1.29, 1.82) is 0 Å². The van der Waals surface area contributed by atoms with Gasteiger partial charge in [0, 0.05) is 17.5 Å². The Morgan fingerprint density at radius 3 is 2.78 bits per heavy atom. The molecule has 6 nitrogen and oxygen atoms in total. The van der Waals surface area contributed by atoms with Crippen LogP contribution < -0.4 is 10.1 Å². The number of rotatable bonds is 5. The molecule has 0 radical (unpaired) electrons. The number of pyridine rings is 1. The molecule has 0 aliphatic heterocycles. The summed E-state index contributed by atoms with van der Waals surface area (Å²) in [6.07, 6.45) is 3.60. The molecule has 32 heavy (non-hydrogen) atoms. The third kappa shape index (κ3) is 3.28. The number of amides is 1. The minimum Gasteiger partial charge on any atom is -0.490 e. The summed E-state index contributed by atoms with van der Waals surface area (Å²) < 4.78 is 19.9. The first-order valence-electron chi connectivity index (χ1n) is 11.0. The van der Waals surface area contributed by atoms with Gasteiger partial charge < -0.3 is 9.72 Å². The molecule has 2 heterocycles. The van der Waals surface area contributed by atoms with Crippen molar-refractivity contribution < 1.29 is 13.9 Å². The van der Waals surface area contributed by atoms with Crippen molar-refractivity contribution in [3.05, 3.63) is 60.5 Å². The highest BCUT2D eigenvalue weighted by atomic mass is 19.1. The first-order chi connectivity index (χ1) is 15.6. The van der Waals surface area contributed by atoms with Crippen LogP contribution in [-0.2, 0) is 4.79 Å². The van der Waals surface area contributed by atoms with Crippen LogP contribution in [0.15, 0.2) is 54.7 Å². The van der Waals surface area contributed by atoms with Gasteiger partial charge >= 0.3 is 0 Å². The summed E-state index contributed by atoms with van der Waals surface area (Å²) in [7, 11) is 0. The van der Waals surface area contributed by atoms with Crippen LogP contribution in [0.25, 0.3) is 21.9 Å². The molecule has 0 saturated heterocycles. The molecule has 3 unspecified atom stereocenters. The third-order valence-electron chi connectivity index (χ3n) is 7.05. The largest absolute Gasteiger partial charge is 0.490 e. The molecule has 2 aromatic heterocycles. The summed E-state index contributed by atoms with van der Waals surface area (Å²) in [6.45, 7) is 2.00. The van der Waals surface area contributed by atoms with Gasteiger partial charge in [-0.05, 0) is 67.0 Å². The van der Waals surface area contributed by atoms with Gasteiger partial charge in [-0.3, -0.25) is 15.1 Å². The van der Waals surface area contributed by atoms with Gasteiger partial charge in [-0.1, -0.05) is 19.1 Å². The molecule has 2 aliphatic carbocycles. The van der Waals surface area contributed by atoms with Gasteiger partial charge in [0.2, 0.25) is 11.9 Å². The molecule has 6 rings (SSSR count). The van der Waals surface area contributed by atoms with Crippen LogP contribution in [0.5, 0.6) is 5.75 Å². The quantitative estimate of drug-likeness (QED) is 0.471. The molecule has 2 aliphatic rings. The number of carbonyl (C=O) groups excluding carboxylic acids is 1. The Kier molecular flexibility index (Phi) is 4.38. The molecule has 162 valence electrons. The topological polar surface area (TPSA) is 79.9 Å². The van der Waals surface area contributed by atoms with E-state index in [9.17, 15) is 9.18 Å². The van der Waals surface area contributed by atoms with Crippen molar-refractivity contribution in [2.24, 2.45) is 23.7 Å². The molecule has 2 aromatic carbocycles. The summed E-state index contributed by atoms with van der Waals surface area (Å²) in [5.74, 6) is 2.12. The van der Waals surface area contributed by atoms with Crippen LogP contribution >= 0.6 is 0 Å². The average molecular weight is 430 g/mol. The highest BCUT2D eigenvalue weighted by molar-refractivity contribution is 5.93. The molecule has 0 bridgehead atoms. The molecule has 2 fully saturated rings. The summed E-state index contributed by atoms with van der Waals surface area (Å²) >= 11 is 0. The van der Waals surface area contributed by atoms with E-state index in [1.54, 1.807) is 18.3 Å². The number of aromatic amines is 1. The van der Waals surface area contributed by atoms with Gasteiger partial charge in [0.1, 0.15) is 11.6 Å². The number of nitrogens with zero attached hydrogens (tertiary/aromatic N) is 2. The molecule has 7 heteroatoms. The molecule has 1 amide bonds. The molecule has 4 aromatic rings. The second-order valence-electron chi connectivity index (χ2n) is 8.97. The minimum absolute atomic E-state index is 0.00322. The number of hydrogen-bond acceptors (Lipinski definition) is 4. The zero-order valence-electron chi connectivity index (χ0n) is 17.6. The molecular weight excluding hydrogens is 407 g/mol. The number of H-pyrrole nitrogens is 1. The van der Waals surface area contributed by atoms with Crippen molar-refractivity contribution in [2.45, 2.75) is 25.9 Å². The van der Waals surface area contributed by atoms with Crippen LogP contribution in [0.2, 0.25) is 0 Å². The number of para-hydroxylation sites is 2. The van der Waals surface area contributed by atoms with Gasteiger partial charge in [-0.15, -0.1) is 0 Å². The highest BCUT2D eigenvalue weighted by Gasteiger charge is 2.59. The third-order valence-corrected chi connectivity index (χ3v) is 7.05. The fourth-order valence-electron chi connectivity index (χ4n) is 5.47. The van der Waals surface area contributed by atoms with Crippen molar-refractivity contribution in [2.75, 3.05) is 5.32 Å². The second-order valence-corrected chi connectivity index (χ2v) is 8.97. The van der Waals surface area contributed by atoms with E-state index in [-0.39, 0.29) is 23.7 Å². The second kappa shape index (κ2) is 7.29. The normalized spacial score (nSPS) is 24.9. The van der Waals surface area contributed by atoms with E-state index < -0.39 is 0 Å². The Bertz CT molecular complexity index is 1290. The number of aromatic nitrogens is 3. The van der Waals surface area contributed by atoms with Crippen LogP contribution in [-0.4, -0.2) is 27.0 Å². The Morgan fingerprint density at radius 2 is 1.97 bits per heavy atom. The van der Waals surface area contributed by atoms with Gasteiger partial charge in [-0.2, -0.15) is 0 Å². The standard InChI is InChI=1S/C25H23FN4O2/c1-13(24(31)30-25-28-20-4-2-3-5-21(20)29-25)23-16-11-15(12-17(16)23)32-22-8-9-27-19-7-6-14(26)10-18(19)22/h2-10,13,15-17,23H,11-12H2,1H3,(H2,28,29,30,31)/t13?,15?,16-,17+,23?. The molecule has 5 atom stereocenters. The number of halogens is 1. The maximum absolute atomic E-state index is 13.7. The number of ether oxygens (including phenoxy) is 1. The monoisotopic (exact) mass is 430 g/mol. The first kappa shape index (κ1) is 19.2. The van der Waals surface area contributed by atoms with E-state index in [1.807, 2.05) is 31.2 Å². The minimum atomic E-state index is -0.297. The zero-order chi connectivity index (χ0) is 21.8. The first-order valence-corrected chi connectivity index (χ1v) is 11.0. The van der Waals surface area contributed by atoms with E-state index >= 15 is 0 Å². The Hall–Kier alpha value is -3.48. The number of benzene rings is 2. The van der Waals surface area contributed by atoms with E-state index in [2.05, 4.69) is 20.3 Å². The Labute approximate surface area is 184 Å². The van der Waals surface area contributed by atoms with E-state index in [1.165, 1.54) is 12.1 Å². The SMILES string of the molecule is CC(C(=O)Nc1nc2ccccc2[nH]1)C1[C@H]2CC(Oc3ccnc4ccc(F)cc34)C[C@@H]12. The fraction of sp³-hybridized carbons (Fsp3) is 0.320. The van der Waals surface area contributed by atoms with Crippen LogP contribution in [0.3, 0.4) is 0 Å². The van der Waals surface area contributed by atoms with Crippen LogP contribution in [0, 0.1) is 29.5 Å². The fourth-order valence-corrected chi connectivity index (χ4v) is 5.47. The van der Waals surface area contributed by atoms with Crippen LogP contribution in [0.1, 0.15) is 19.8 Å². The van der Waals surface area contributed by atoms with E-state index in [0.717, 1.165) is 29.4 Å². The van der Waals surface area contributed by atoms with Gasteiger partial charge in [0.05, 0.1) is 22.7 Å². The average Bonchev–Trinajstić information content (AvgIpc) is 3.10. The van der Waals surface area contributed by atoms with Crippen molar-refractivity contribution in [1.82, 2.24) is 15.0 Å². The van der Waals surface area contributed by atoms with Crippen molar-refractivity contribution in [3.8, 4) is 5.75 Å². The predicted octanol–water partition coefficient (Wildman–Crippen LogP) is 4.93. The van der Waals surface area contributed by atoms with Crippen LogP contribution in [0.4, 0.5) is 10.3 Å². The number of hydrogen-bond donors (Lipinski definition) is 2. The van der Waals surface area contributed by atoms with E-state index in [0.29, 0.717) is 34.8 Å². The summed E-state index contributed by atoms with van der Waals surface area (Å²) in [4.78, 5) is 24.7.